The normalized spacial score (nSPS) is 23.4. The Balaban J connectivity index is 1.67. The van der Waals surface area contributed by atoms with Crippen LogP contribution >= 0.6 is 0 Å². The van der Waals surface area contributed by atoms with Crippen molar-refractivity contribution < 1.29 is 19.0 Å². The van der Waals surface area contributed by atoms with Crippen LogP contribution in [0.4, 0.5) is 10.1 Å². The zero-order valence-corrected chi connectivity index (χ0v) is 19.5. The Morgan fingerprint density at radius 3 is 2.76 bits per heavy atom. The molecule has 178 valence electrons. The van der Waals surface area contributed by atoms with E-state index in [-0.39, 0.29) is 29.6 Å². The van der Waals surface area contributed by atoms with E-state index in [1.165, 1.54) is 0 Å². The van der Waals surface area contributed by atoms with Gasteiger partial charge < -0.3 is 20.5 Å². The van der Waals surface area contributed by atoms with Crippen LogP contribution in [0.5, 0.6) is 5.88 Å². The maximum absolute atomic E-state index is 15.7. The fourth-order valence-electron chi connectivity index (χ4n) is 6.37. The number of aromatic nitrogens is 2. The molecule has 34 heavy (non-hydrogen) atoms. The number of anilines is 1. The summed E-state index contributed by atoms with van der Waals surface area (Å²) in [4.78, 5) is 13.2. The number of benzene rings is 1. The molecule has 3 heterocycles. The fourth-order valence-corrected chi connectivity index (χ4v) is 6.37. The van der Waals surface area contributed by atoms with Gasteiger partial charge in [-0.25, -0.2) is 4.39 Å². The molecular weight excluding hydrogens is 437 g/mol. The number of aromatic amines is 1. The van der Waals surface area contributed by atoms with Crippen LogP contribution in [0.25, 0.3) is 0 Å². The molecule has 5 rings (SSSR count). The number of hydrogen-bond acceptors (Lipinski definition) is 6. The van der Waals surface area contributed by atoms with Crippen LogP contribution < -0.4 is 15.4 Å². The molecule has 0 bridgehead atoms. The summed E-state index contributed by atoms with van der Waals surface area (Å²) in [5, 5.41) is 26.6. The van der Waals surface area contributed by atoms with Crippen molar-refractivity contribution >= 4 is 11.7 Å². The number of nitrogens with zero attached hydrogens (tertiary/aromatic N) is 3. The first-order valence-electron chi connectivity index (χ1n) is 11.5. The summed E-state index contributed by atoms with van der Waals surface area (Å²) in [5.74, 6) is -0.670. The van der Waals surface area contributed by atoms with E-state index in [0.29, 0.717) is 36.5 Å². The van der Waals surface area contributed by atoms with Crippen LogP contribution in [0.2, 0.25) is 0 Å². The van der Waals surface area contributed by atoms with Crippen molar-refractivity contribution in [1.82, 2.24) is 10.2 Å². The Bertz CT molecular complexity index is 1270. The number of H-pyrrole nitrogens is 1. The molecule has 2 aliphatic heterocycles. The molecule has 0 amide bonds. The van der Waals surface area contributed by atoms with Crippen LogP contribution in [-0.2, 0) is 16.6 Å². The molecule has 1 atom stereocenters. The molecule has 1 aromatic carbocycles. The predicted octanol–water partition coefficient (Wildman–Crippen LogP) is 3.50. The number of ether oxygens (including phenoxy) is 1. The topological polar surface area (TPSA) is 128 Å². The molecule has 0 radical (unpaired) electrons. The molecule has 8 nitrogen and oxygen atoms in total. The number of allylic oxidation sites excluding steroid dienone is 1. The summed E-state index contributed by atoms with van der Waals surface area (Å²) >= 11 is 0. The van der Waals surface area contributed by atoms with Gasteiger partial charge in [0.2, 0.25) is 11.8 Å². The minimum atomic E-state index is -1.01. The molecular formula is C25H28FN5O3. The lowest BCUT2D eigenvalue weighted by molar-refractivity contribution is -0.138. The van der Waals surface area contributed by atoms with E-state index in [4.69, 9.17) is 15.6 Å². The zero-order chi connectivity index (χ0) is 24.4. The number of carboxylic acid groups (broad SMARTS) is 1. The highest BCUT2D eigenvalue weighted by Gasteiger charge is 2.62. The van der Waals surface area contributed by atoms with Crippen molar-refractivity contribution in [2.24, 2.45) is 17.1 Å². The molecule has 1 aromatic heterocycles. The van der Waals surface area contributed by atoms with Gasteiger partial charge in [-0.15, -0.1) is 5.10 Å². The largest absolute Gasteiger partial charge is 0.481 e. The minimum Gasteiger partial charge on any atom is -0.481 e. The third kappa shape index (κ3) is 2.94. The number of nitrogens with two attached hydrogens (primary N) is 1. The van der Waals surface area contributed by atoms with E-state index in [1.54, 1.807) is 6.07 Å². The average molecular weight is 466 g/mol. The first-order valence-corrected chi connectivity index (χ1v) is 11.5. The second-order valence-electron chi connectivity index (χ2n) is 10.3. The van der Waals surface area contributed by atoms with E-state index >= 15 is 4.39 Å². The second kappa shape index (κ2) is 7.49. The molecule has 1 saturated heterocycles. The predicted molar refractivity (Wildman–Crippen MR) is 123 cm³/mol. The molecule has 1 spiro atoms. The Labute approximate surface area is 197 Å². The number of piperidine rings is 1. The summed E-state index contributed by atoms with van der Waals surface area (Å²) in [6.45, 7) is 7.21. The number of carbonyl (C=O) groups is 1. The van der Waals surface area contributed by atoms with E-state index in [9.17, 15) is 10.1 Å². The second-order valence-corrected chi connectivity index (χ2v) is 10.3. The van der Waals surface area contributed by atoms with Crippen molar-refractivity contribution in [1.29, 1.82) is 5.26 Å². The minimum absolute atomic E-state index is 0.0114. The smallest absolute Gasteiger partial charge is 0.303 e. The monoisotopic (exact) mass is 465 g/mol. The van der Waals surface area contributed by atoms with Crippen LogP contribution in [0.3, 0.4) is 0 Å². The summed E-state index contributed by atoms with van der Waals surface area (Å²) in [6, 6.07) is 5.83. The third-order valence-corrected chi connectivity index (χ3v) is 7.89. The molecule has 2 aromatic rings. The van der Waals surface area contributed by atoms with Crippen LogP contribution in [-0.4, -0.2) is 34.4 Å². The maximum atomic E-state index is 15.7. The fraction of sp³-hybridized carbons (Fsp3) is 0.480. The first-order chi connectivity index (χ1) is 16.1. The standard InChI is InChI=1S/C25H28FN5O3/c1-13-21-23(30-29-13)34-22(28)18(12-27)25(21)17-9-15(10-19(26)16(17)11-24(25,2)3)31-6-4-14(5-7-31)8-20(32)33/h9-10,14H,4-8,11,28H2,1-3H3,(H,29,30)(H,32,33)/t25-/m1/s1. The first kappa shape index (κ1) is 22.3. The van der Waals surface area contributed by atoms with Gasteiger partial charge in [0.25, 0.3) is 0 Å². The average Bonchev–Trinajstić information content (AvgIpc) is 3.24. The van der Waals surface area contributed by atoms with Gasteiger partial charge in [-0.05, 0) is 60.8 Å². The van der Waals surface area contributed by atoms with Crippen molar-refractivity contribution in [2.75, 3.05) is 18.0 Å². The molecule has 1 aliphatic carbocycles. The number of nitriles is 1. The number of halogens is 1. The third-order valence-electron chi connectivity index (χ3n) is 7.89. The van der Waals surface area contributed by atoms with Crippen LogP contribution in [0.15, 0.2) is 23.6 Å². The highest BCUT2D eigenvalue weighted by molar-refractivity contribution is 5.70. The van der Waals surface area contributed by atoms with Gasteiger partial charge in [-0.3, -0.25) is 9.89 Å². The number of aryl methyl sites for hydroxylation is 1. The highest BCUT2D eigenvalue weighted by Crippen LogP contribution is 2.63. The van der Waals surface area contributed by atoms with E-state index in [1.807, 2.05) is 26.8 Å². The van der Waals surface area contributed by atoms with E-state index in [2.05, 4.69) is 21.2 Å². The van der Waals surface area contributed by atoms with Crippen LogP contribution in [0, 0.1) is 35.4 Å². The Kier molecular flexibility index (Phi) is 4.90. The lowest BCUT2D eigenvalue weighted by atomic mass is 9.57. The summed E-state index contributed by atoms with van der Waals surface area (Å²) < 4.78 is 21.4. The van der Waals surface area contributed by atoms with Crippen molar-refractivity contribution in [3.05, 3.63) is 51.8 Å². The molecule has 0 saturated carbocycles. The van der Waals surface area contributed by atoms with Gasteiger partial charge >= 0.3 is 5.97 Å². The lowest BCUT2D eigenvalue weighted by Gasteiger charge is -2.44. The Morgan fingerprint density at radius 1 is 1.41 bits per heavy atom. The SMILES string of the molecule is Cc1[nH]nc2c1[C@]1(C(C#N)=C(N)O2)c2cc(N3CCC(CC(=O)O)CC3)cc(F)c2CC1(C)C. The molecule has 1 fully saturated rings. The van der Waals surface area contributed by atoms with Gasteiger partial charge in [0, 0.05) is 30.9 Å². The zero-order valence-electron chi connectivity index (χ0n) is 19.5. The van der Waals surface area contributed by atoms with E-state index < -0.39 is 16.8 Å². The van der Waals surface area contributed by atoms with E-state index in [0.717, 1.165) is 29.8 Å². The van der Waals surface area contributed by atoms with Gasteiger partial charge in [-0.2, -0.15) is 5.26 Å². The summed E-state index contributed by atoms with van der Waals surface area (Å²) in [7, 11) is 0. The number of aliphatic carboxylic acids is 1. The van der Waals surface area contributed by atoms with Crippen LogP contribution in [0.1, 0.15) is 55.5 Å². The van der Waals surface area contributed by atoms with Gasteiger partial charge in [0.1, 0.15) is 17.5 Å². The number of fused-ring (bicyclic) bond motifs is 4. The Morgan fingerprint density at radius 2 is 2.12 bits per heavy atom. The number of carboxylic acids is 1. The number of rotatable bonds is 3. The van der Waals surface area contributed by atoms with Crippen molar-refractivity contribution in [3.8, 4) is 11.9 Å². The number of nitrogens with one attached hydrogen (secondary N) is 1. The summed E-state index contributed by atoms with van der Waals surface area (Å²) in [5.41, 5.74) is 8.42. The number of hydrogen-bond donors (Lipinski definition) is 3. The Hall–Kier alpha value is -3.54. The molecule has 9 heteroatoms. The van der Waals surface area contributed by atoms with Gasteiger partial charge in [0.15, 0.2) is 0 Å². The maximum Gasteiger partial charge on any atom is 0.303 e. The molecule has 3 aliphatic rings. The van der Waals surface area contributed by atoms with Crippen molar-refractivity contribution in [2.45, 2.75) is 51.9 Å². The van der Waals surface area contributed by atoms with Crippen molar-refractivity contribution in [3.63, 3.8) is 0 Å². The van der Waals surface area contributed by atoms with Gasteiger partial charge in [0.05, 0.1) is 11.0 Å². The summed E-state index contributed by atoms with van der Waals surface area (Å²) in [6.07, 6.45) is 2.05. The van der Waals surface area contributed by atoms with Gasteiger partial charge in [-0.1, -0.05) is 13.8 Å². The lowest BCUT2D eigenvalue weighted by Crippen LogP contribution is -2.45. The highest BCUT2D eigenvalue weighted by atomic mass is 19.1. The quantitative estimate of drug-likeness (QED) is 0.633. The molecule has 0 unspecified atom stereocenters. The molecule has 4 N–H and O–H groups in total.